The highest BCUT2D eigenvalue weighted by molar-refractivity contribution is 7.80. The highest BCUT2D eigenvalue weighted by Gasteiger charge is 2.05. The normalized spacial score (nSPS) is 9.71. The van der Waals surface area contributed by atoms with Gasteiger partial charge in [0, 0.05) is 12.1 Å². The maximum absolute atomic E-state index is 13.2. The quantitative estimate of drug-likeness (QED) is 0.442. The van der Waals surface area contributed by atoms with Gasteiger partial charge in [-0.25, -0.2) is 10.2 Å². The first-order valence-electron chi connectivity index (χ1n) is 3.75. The van der Waals surface area contributed by atoms with Gasteiger partial charge in [0.05, 0.1) is 5.69 Å². The summed E-state index contributed by atoms with van der Waals surface area (Å²) in [5.41, 5.74) is 0.247. The first-order chi connectivity index (χ1) is 6.50. The van der Waals surface area contributed by atoms with E-state index in [0.29, 0.717) is 5.02 Å². The molecule has 14 heavy (non-hydrogen) atoms. The summed E-state index contributed by atoms with van der Waals surface area (Å²) in [7, 11) is 1.56. The van der Waals surface area contributed by atoms with Crippen LogP contribution in [0.15, 0.2) is 18.2 Å². The molecule has 1 rings (SSSR count). The molecule has 0 unspecified atom stereocenters. The monoisotopic (exact) mass is 233 g/mol. The molecule has 0 fully saturated rings. The lowest BCUT2D eigenvalue weighted by molar-refractivity contribution is 0.547. The fourth-order valence-electron chi connectivity index (χ4n) is 0.794. The largest absolute Gasteiger partial charge is 0.329 e. The lowest BCUT2D eigenvalue weighted by Gasteiger charge is -2.15. The van der Waals surface area contributed by atoms with Crippen molar-refractivity contribution in [1.82, 2.24) is 5.01 Å². The maximum atomic E-state index is 13.2. The van der Waals surface area contributed by atoms with Crippen LogP contribution in [0, 0.1) is 5.82 Å². The summed E-state index contributed by atoms with van der Waals surface area (Å²) in [4.78, 5) is 0. The summed E-state index contributed by atoms with van der Waals surface area (Å²) in [6.45, 7) is 0. The molecule has 3 N–H and O–H groups in total. The summed E-state index contributed by atoms with van der Waals surface area (Å²) < 4.78 is 13.2. The Morgan fingerprint density at radius 3 is 2.79 bits per heavy atom. The predicted octanol–water partition coefficient (Wildman–Crippen LogP) is 1.98. The van der Waals surface area contributed by atoms with Gasteiger partial charge in [0.2, 0.25) is 0 Å². The molecule has 0 saturated heterocycles. The summed E-state index contributed by atoms with van der Waals surface area (Å²) >= 11 is 10.4. The van der Waals surface area contributed by atoms with Crippen LogP contribution in [0.4, 0.5) is 10.1 Å². The molecular formula is C8H9ClFN3S. The van der Waals surface area contributed by atoms with Crippen LogP contribution in [0.25, 0.3) is 0 Å². The number of nitrogens with two attached hydrogens (primary N) is 1. The second-order valence-corrected chi connectivity index (χ2v) is 3.49. The van der Waals surface area contributed by atoms with Crippen LogP contribution in [0.3, 0.4) is 0 Å². The first kappa shape index (κ1) is 11.2. The molecule has 1 aromatic rings. The molecule has 0 spiro atoms. The van der Waals surface area contributed by atoms with Crippen molar-refractivity contribution >= 4 is 34.6 Å². The predicted molar refractivity (Wildman–Crippen MR) is 59.6 cm³/mol. The molecule has 0 amide bonds. The zero-order valence-electron chi connectivity index (χ0n) is 7.42. The number of nitrogens with one attached hydrogen (secondary N) is 1. The first-order valence-corrected chi connectivity index (χ1v) is 4.54. The molecule has 0 heterocycles. The number of hydrogen-bond acceptors (Lipinski definition) is 2. The van der Waals surface area contributed by atoms with E-state index in [1.807, 2.05) is 0 Å². The Morgan fingerprint density at radius 1 is 1.64 bits per heavy atom. The van der Waals surface area contributed by atoms with E-state index >= 15 is 0 Å². The average Bonchev–Trinajstić information content (AvgIpc) is 2.09. The lowest BCUT2D eigenvalue weighted by Crippen LogP contribution is -2.36. The Morgan fingerprint density at radius 2 is 2.29 bits per heavy atom. The minimum atomic E-state index is -0.471. The molecule has 6 heteroatoms. The number of thiocarbonyl (C=S) groups is 1. The van der Waals surface area contributed by atoms with Crippen molar-refractivity contribution in [1.29, 1.82) is 0 Å². The molecule has 0 aromatic heterocycles. The van der Waals surface area contributed by atoms with E-state index in [0.717, 1.165) is 0 Å². The third-order valence-corrected chi connectivity index (χ3v) is 2.12. The van der Waals surface area contributed by atoms with Crippen LogP contribution < -0.4 is 11.2 Å². The van der Waals surface area contributed by atoms with Crippen LogP contribution >= 0.6 is 23.8 Å². The van der Waals surface area contributed by atoms with E-state index < -0.39 is 5.82 Å². The number of benzene rings is 1. The average molecular weight is 234 g/mol. The Hall–Kier alpha value is -0.910. The van der Waals surface area contributed by atoms with Crippen molar-refractivity contribution < 1.29 is 4.39 Å². The molecule has 0 atom stereocenters. The number of hydrazine groups is 1. The van der Waals surface area contributed by atoms with Gasteiger partial charge in [-0.2, -0.15) is 0 Å². The molecule has 0 aliphatic rings. The van der Waals surface area contributed by atoms with Crippen molar-refractivity contribution in [3.05, 3.63) is 29.0 Å². The van der Waals surface area contributed by atoms with Crippen molar-refractivity contribution in [2.75, 3.05) is 12.4 Å². The molecule has 3 nitrogen and oxygen atoms in total. The fraction of sp³-hybridized carbons (Fsp3) is 0.125. The molecule has 0 saturated carbocycles. The second kappa shape index (κ2) is 4.54. The van der Waals surface area contributed by atoms with Gasteiger partial charge in [-0.05, 0) is 30.4 Å². The van der Waals surface area contributed by atoms with E-state index in [2.05, 4.69) is 5.32 Å². The summed E-state index contributed by atoms with van der Waals surface area (Å²) in [5, 5.41) is 4.38. The lowest BCUT2D eigenvalue weighted by atomic mass is 10.3. The van der Waals surface area contributed by atoms with Crippen molar-refractivity contribution in [3.8, 4) is 0 Å². The number of rotatable bonds is 1. The number of nitrogens with zero attached hydrogens (tertiary/aromatic N) is 1. The zero-order chi connectivity index (χ0) is 10.7. The Kier molecular flexibility index (Phi) is 3.62. The zero-order valence-corrected chi connectivity index (χ0v) is 8.99. The highest BCUT2D eigenvalue weighted by atomic mass is 35.5. The Balaban J connectivity index is 2.82. The van der Waals surface area contributed by atoms with Gasteiger partial charge in [-0.1, -0.05) is 11.6 Å². The van der Waals surface area contributed by atoms with Crippen molar-refractivity contribution in [2.24, 2.45) is 5.84 Å². The van der Waals surface area contributed by atoms with E-state index in [-0.39, 0.29) is 10.8 Å². The molecule has 0 aliphatic heterocycles. The third kappa shape index (κ3) is 2.80. The molecule has 76 valence electrons. The standard InChI is InChI=1S/C8H9ClFN3S/c1-13(11)8(14)12-7-3-2-5(9)4-6(7)10/h2-4H,11H2,1H3,(H,12,14). The number of anilines is 1. The van der Waals surface area contributed by atoms with E-state index in [4.69, 9.17) is 29.7 Å². The maximum Gasteiger partial charge on any atom is 0.187 e. The SMILES string of the molecule is CN(N)C(=S)Nc1ccc(Cl)cc1F. The van der Waals surface area contributed by atoms with Crippen LogP contribution in [-0.2, 0) is 0 Å². The van der Waals surface area contributed by atoms with Crippen molar-refractivity contribution in [2.45, 2.75) is 0 Å². The van der Waals surface area contributed by atoms with Gasteiger partial charge in [-0.15, -0.1) is 0 Å². The third-order valence-electron chi connectivity index (χ3n) is 1.49. The van der Waals surface area contributed by atoms with Gasteiger partial charge in [0.25, 0.3) is 0 Å². The molecule has 0 aliphatic carbocycles. The van der Waals surface area contributed by atoms with Crippen molar-refractivity contribution in [3.63, 3.8) is 0 Å². The van der Waals surface area contributed by atoms with E-state index in [1.165, 1.54) is 17.1 Å². The van der Waals surface area contributed by atoms with Gasteiger partial charge < -0.3 is 5.32 Å². The highest BCUT2D eigenvalue weighted by Crippen LogP contribution is 2.18. The van der Waals surface area contributed by atoms with E-state index in [9.17, 15) is 4.39 Å². The van der Waals surface area contributed by atoms with Crippen LogP contribution in [0.2, 0.25) is 5.02 Å². The van der Waals surface area contributed by atoms with Gasteiger partial charge in [0.15, 0.2) is 5.11 Å². The Labute approximate surface area is 91.6 Å². The number of hydrogen-bond donors (Lipinski definition) is 2. The minimum Gasteiger partial charge on any atom is -0.329 e. The summed E-state index contributed by atoms with van der Waals surface area (Å²) in [6.07, 6.45) is 0. The Bertz CT molecular complexity index is 356. The van der Waals surface area contributed by atoms with Crippen LogP contribution in [0.5, 0.6) is 0 Å². The smallest absolute Gasteiger partial charge is 0.187 e. The minimum absolute atomic E-state index is 0.228. The van der Waals surface area contributed by atoms with Crippen LogP contribution in [-0.4, -0.2) is 17.2 Å². The topological polar surface area (TPSA) is 41.3 Å². The summed E-state index contributed by atoms with van der Waals surface area (Å²) in [5.74, 6) is 4.87. The molecule has 1 aromatic carbocycles. The second-order valence-electron chi connectivity index (χ2n) is 2.67. The molecule has 0 bridgehead atoms. The summed E-state index contributed by atoms with van der Waals surface area (Å²) in [6, 6.07) is 4.25. The number of halogens is 2. The molecule has 0 radical (unpaired) electrons. The van der Waals surface area contributed by atoms with Crippen LogP contribution in [0.1, 0.15) is 0 Å². The van der Waals surface area contributed by atoms with Gasteiger partial charge in [0.1, 0.15) is 5.82 Å². The van der Waals surface area contributed by atoms with Gasteiger partial charge in [-0.3, -0.25) is 5.01 Å². The van der Waals surface area contributed by atoms with Gasteiger partial charge >= 0.3 is 0 Å². The van der Waals surface area contributed by atoms with E-state index in [1.54, 1.807) is 13.1 Å². The molecular weight excluding hydrogens is 225 g/mol. The fourth-order valence-corrected chi connectivity index (χ4v) is 1.06.